The van der Waals surface area contributed by atoms with Crippen molar-refractivity contribution in [1.82, 2.24) is 29.7 Å². The van der Waals surface area contributed by atoms with Crippen molar-refractivity contribution in [2.45, 2.75) is 56.5 Å². The summed E-state index contributed by atoms with van der Waals surface area (Å²) in [5.41, 5.74) is 2.04. The van der Waals surface area contributed by atoms with E-state index in [1.807, 2.05) is 9.80 Å². The van der Waals surface area contributed by atoms with Gasteiger partial charge < -0.3 is 20.3 Å². The van der Waals surface area contributed by atoms with Gasteiger partial charge >= 0.3 is 12.2 Å². The number of benzene rings is 1. The van der Waals surface area contributed by atoms with Crippen molar-refractivity contribution < 1.29 is 35.9 Å². The predicted molar refractivity (Wildman–Crippen MR) is 187 cm³/mol. The van der Waals surface area contributed by atoms with Gasteiger partial charge in [0.05, 0.1) is 27.4 Å². The second-order valence-corrected chi connectivity index (χ2v) is 15.4. The number of nitrogen functional groups attached to an aromatic ring is 1. The Bertz CT molecular complexity index is 2140. The number of rotatable bonds is 7. The number of aromatic nitrogens is 4. The number of amides is 1. The lowest BCUT2D eigenvalue weighted by Gasteiger charge is -2.53. The summed E-state index contributed by atoms with van der Waals surface area (Å²) in [6.07, 6.45) is -1.10. The summed E-state index contributed by atoms with van der Waals surface area (Å²) in [6.45, 7) is 3.12. The molecule has 0 radical (unpaired) electrons. The number of thiazole rings is 1. The number of carbonyl (C=O) groups excluding carboxylic acids is 1. The molecule has 2 unspecified atom stereocenters. The fourth-order valence-corrected chi connectivity index (χ4v) is 9.30. The third-order valence-electron chi connectivity index (χ3n) is 10.8. The first-order valence-corrected chi connectivity index (χ1v) is 18.4. The minimum absolute atomic E-state index is 0.0243. The van der Waals surface area contributed by atoms with Crippen LogP contribution in [0.5, 0.6) is 6.01 Å². The molecule has 0 saturated carbocycles. The highest BCUT2D eigenvalue weighted by Crippen LogP contribution is 2.46. The van der Waals surface area contributed by atoms with Crippen molar-refractivity contribution in [3.05, 3.63) is 56.5 Å². The van der Waals surface area contributed by atoms with E-state index in [9.17, 15) is 26.7 Å². The number of likely N-dealkylation sites (tertiary alicyclic amines) is 1. The van der Waals surface area contributed by atoms with Gasteiger partial charge in [-0.05, 0) is 50.4 Å². The summed E-state index contributed by atoms with van der Waals surface area (Å²) in [5, 5.41) is 1.80. The van der Waals surface area contributed by atoms with Gasteiger partial charge in [0.2, 0.25) is 0 Å². The fourth-order valence-electron chi connectivity index (χ4n) is 8.47. The van der Waals surface area contributed by atoms with Gasteiger partial charge in [0, 0.05) is 67.6 Å². The first-order valence-electron chi connectivity index (χ1n) is 17.1. The average Bonchev–Trinajstić information content (AvgIpc) is 3.80. The number of nitrogens with two attached hydrogens (primary N) is 1. The molecule has 280 valence electrons. The smallest absolute Gasteiger partial charge is 0.418 e. The van der Waals surface area contributed by atoms with Gasteiger partial charge in [-0.2, -0.15) is 23.1 Å². The molecule has 8 rings (SSSR count). The molecule has 4 aromatic rings. The minimum Gasteiger partial charge on any atom is -0.461 e. The number of fused-ring (bicyclic) bond motifs is 3. The summed E-state index contributed by atoms with van der Waals surface area (Å²) in [7, 11) is 0. The molecule has 4 fully saturated rings. The van der Waals surface area contributed by atoms with Gasteiger partial charge in [0.25, 0.3) is 5.91 Å². The van der Waals surface area contributed by atoms with E-state index in [1.165, 1.54) is 35.4 Å². The molecular formula is C35H33ClF6N8O2S. The van der Waals surface area contributed by atoms with Crippen molar-refractivity contribution in [2.24, 2.45) is 5.92 Å². The van der Waals surface area contributed by atoms with E-state index < -0.39 is 52.3 Å². The molecule has 7 heterocycles. The maximum Gasteiger partial charge on any atom is 0.418 e. The Kier molecular flexibility index (Phi) is 8.96. The lowest BCUT2D eigenvalue weighted by atomic mass is 9.82. The SMILES string of the molecule is Cc1cc(N)nc(-c2c(Cl)cc3c(N4CCC5C(C4)CN5C(=O)/C(F)=C/c4nccs4)nc(OC[C@]45CCCN4C[C@H](F)C5)nc3c2F)c1C(F)(F)F. The third kappa shape index (κ3) is 6.33. The fraction of sp³-hybridized carbons (Fsp3) is 0.457. The van der Waals surface area contributed by atoms with Crippen LogP contribution < -0.4 is 15.4 Å². The van der Waals surface area contributed by atoms with E-state index in [1.54, 1.807) is 5.38 Å². The van der Waals surface area contributed by atoms with Crippen LogP contribution in [-0.4, -0.2) is 92.7 Å². The molecule has 0 spiro atoms. The van der Waals surface area contributed by atoms with Crippen molar-refractivity contribution >= 4 is 57.5 Å². The number of hydrogen-bond acceptors (Lipinski definition) is 10. The van der Waals surface area contributed by atoms with Gasteiger partial charge in [0.1, 0.15) is 34.9 Å². The second-order valence-electron chi connectivity index (χ2n) is 14.1. The summed E-state index contributed by atoms with van der Waals surface area (Å²) in [5.74, 6) is -2.94. The number of ether oxygens (including phenoxy) is 1. The van der Waals surface area contributed by atoms with Crippen LogP contribution in [0.15, 0.2) is 29.5 Å². The van der Waals surface area contributed by atoms with Crippen molar-refractivity contribution in [3.8, 4) is 17.3 Å². The van der Waals surface area contributed by atoms with Crippen LogP contribution in [0.4, 0.5) is 38.0 Å². The number of halogens is 7. The Morgan fingerprint density at radius 2 is 2.00 bits per heavy atom. The number of alkyl halides is 4. The summed E-state index contributed by atoms with van der Waals surface area (Å²) in [6, 6.07) is 1.86. The van der Waals surface area contributed by atoms with E-state index in [0.717, 1.165) is 18.6 Å². The lowest BCUT2D eigenvalue weighted by molar-refractivity contribution is -0.141. The van der Waals surface area contributed by atoms with Crippen molar-refractivity contribution in [1.29, 1.82) is 0 Å². The van der Waals surface area contributed by atoms with Crippen LogP contribution in [0.3, 0.4) is 0 Å². The van der Waals surface area contributed by atoms with Gasteiger partial charge in [-0.15, -0.1) is 11.3 Å². The number of hydrogen-bond donors (Lipinski definition) is 1. The number of pyridine rings is 1. The summed E-state index contributed by atoms with van der Waals surface area (Å²) < 4.78 is 95.4. The average molecular weight is 779 g/mol. The highest BCUT2D eigenvalue weighted by Gasteiger charge is 2.50. The van der Waals surface area contributed by atoms with E-state index in [2.05, 4.69) is 19.9 Å². The zero-order chi connectivity index (χ0) is 37.4. The quantitative estimate of drug-likeness (QED) is 0.159. The van der Waals surface area contributed by atoms with Crippen molar-refractivity contribution in [3.63, 3.8) is 0 Å². The topological polar surface area (TPSA) is 114 Å². The van der Waals surface area contributed by atoms with Gasteiger partial charge in [-0.3, -0.25) is 9.69 Å². The van der Waals surface area contributed by atoms with Gasteiger partial charge in [-0.1, -0.05) is 11.6 Å². The molecule has 2 N–H and O–H groups in total. The molecule has 1 amide bonds. The number of anilines is 2. The summed E-state index contributed by atoms with van der Waals surface area (Å²) in [4.78, 5) is 35.2. The standard InChI is InChI=1S/C35H33ClF6N8O2S/c1-17-9-24(43)45-30(27(17)35(40,41)42)26-21(36)10-20-29(28(26)39)46-33(52-16-34-4-2-6-49(34)15-19(37)12-34)47-31(20)48-7-3-23-18(13-48)14-50(23)32(51)22(38)11-25-44-5-8-53-25/h5,8-11,18-19,23H,2-4,6-7,12-16H2,1H3,(H2,43,45)/b22-11-/t18?,19-,23?,34-/m1/s1. The Labute approximate surface area is 308 Å². The predicted octanol–water partition coefficient (Wildman–Crippen LogP) is 6.85. The molecule has 1 aromatic carbocycles. The highest BCUT2D eigenvalue weighted by atomic mass is 35.5. The molecule has 4 aliphatic heterocycles. The molecule has 10 nitrogen and oxygen atoms in total. The Balaban J connectivity index is 1.16. The Morgan fingerprint density at radius 1 is 1.19 bits per heavy atom. The molecule has 4 atom stereocenters. The van der Waals surface area contributed by atoms with E-state index in [-0.39, 0.29) is 77.2 Å². The molecule has 4 aliphatic rings. The lowest BCUT2D eigenvalue weighted by Crippen LogP contribution is -2.65. The number of piperidine rings is 1. The normalized spacial score (nSPS) is 24.8. The zero-order valence-corrected chi connectivity index (χ0v) is 29.8. The second kappa shape index (κ2) is 13.3. The van der Waals surface area contributed by atoms with Gasteiger partial charge in [-0.25, -0.2) is 23.1 Å². The van der Waals surface area contributed by atoms with Gasteiger partial charge in [0.15, 0.2) is 11.6 Å². The summed E-state index contributed by atoms with van der Waals surface area (Å²) >= 11 is 7.82. The molecule has 4 saturated heterocycles. The van der Waals surface area contributed by atoms with Crippen LogP contribution in [0.25, 0.3) is 28.2 Å². The third-order valence-corrected chi connectivity index (χ3v) is 11.8. The molecule has 18 heteroatoms. The van der Waals surface area contributed by atoms with E-state index >= 15 is 4.39 Å². The highest BCUT2D eigenvalue weighted by molar-refractivity contribution is 7.10. The monoisotopic (exact) mass is 778 g/mol. The van der Waals surface area contributed by atoms with E-state index in [0.29, 0.717) is 37.5 Å². The van der Waals surface area contributed by atoms with Crippen LogP contribution in [0.2, 0.25) is 5.02 Å². The first kappa shape index (κ1) is 35.8. The van der Waals surface area contributed by atoms with Crippen LogP contribution in [0.1, 0.15) is 41.8 Å². The van der Waals surface area contributed by atoms with E-state index in [4.69, 9.17) is 22.1 Å². The van der Waals surface area contributed by atoms with Crippen molar-refractivity contribution in [2.75, 3.05) is 50.0 Å². The molecule has 0 aliphatic carbocycles. The number of nitrogens with zero attached hydrogens (tertiary/aromatic N) is 7. The minimum atomic E-state index is -4.92. The van der Waals surface area contributed by atoms with Crippen LogP contribution in [-0.2, 0) is 11.0 Å². The van der Waals surface area contributed by atoms with Crippen LogP contribution >= 0.6 is 22.9 Å². The maximum absolute atomic E-state index is 16.8. The number of carbonyl (C=O) groups is 1. The molecule has 53 heavy (non-hydrogen) atoms. The maximum atomic E-state index is 16.8. The molecular weight excluding hydrogens is 746 g/mol. The number of aryl methyl sites for hydroxylation is 1. The zero-order valence-electron chi connectivity index (χ0n) is 28.3. The van der Waals surface area contributed by atoms with Crippen LogP contribution in [0, 0.1) is 18.7 Å². The Morgan fingerprint density at radius 3 is 2.74 bits per heavy atom. The molecule has 0 bridgehead atoms. The molecule has 3 aromatic heterocycles. The Hall–Kier alpha value is -4.22. The largest absolute Gasteiger partial charge is 0.461 e. The first-order chi connectivity index (χ1) is 25.2.